The molecular formula is C16H15N3O. The van der Waals surface area contributed by atoms with E-state index in [0.29, 0.717) is 17.8 Å². The van der Waals surface area contributed by atoms with E-state index in [4.69, 9.17) is 0 Å². The molecule has 0 amide bonds. The lowest BCUT2D eigenvalue weighted by atomic mass is 10.0. The maximum absolute atomic E-state index is 12.8. The van der Waals surface area contributed by atoms with E-state index in [-0.39, 0.29) is 5.78 Å². The molecule has 0 radical (unpaired) electrons. The molecule has 4 nitrogen and oxygen atoms in total. The molecule has 0 N–H and O–H groups in total. The van der Waals surface area contributed by atoms with Gasteiger partial charge >= 0.3 is 0 Å². The van der Waals surface area contributed by atoms with Gasteiger partial charge < -0.3 is 0 Å². The van der Waals surface area contributed by atoms with E-state index in [1.165, 1.54) is 0 Å². The van der Waals surface area contributed by atoms with Gasteiger partial charge in [-0.3, -0.25) is 14.5 Å². The Balaban J connectivity index is 2.21. The summed E-state index contributed by atoms with van der Waals surface area (Å²) in [5.74, 6) is -0.00829. The second-order valence-corrected chi connectivity index (χ2v) is 4.69. The number of rotatable bonds is 3. The second kappa shape index (κ2) is 4.89. The highest BCUT2D eigenvalue weighted by Crippen LogP contribution is 2.21. The number of hydrogen-bond acceptors (Lipinski definition) is 3. The number of benzene rings is 1. The van der Waals surface area contributed by atoms with Crippen LogP contribution < -0.4 is 0 Å². The van der Waals surface area contributed by atoms with Gasteiger partial charge in [0, 0.05) is 29.4 Å². The minimum atomic E-state index is -0.00829. The largest absolute Gasteiger partial charge is 0.287 e. The molecule has 0 saturated heterocycles. The SMILES string of the molecule is CCn1nccc1C(=O)c1cc(C)nc2ccccc12. The predicted molar refractivity (Wildman–Crippen MR) is 77.8 cm³/mol. The van der Waals surface area contributed by atoms with Crippen LogP contribution in [-0.4, -0.2) is 20.5 Å². The first-order valence-corrected chi connectivity index (χ1v) is 6.63. The summed E-state index contributed by atoms with van der Waals surface area (Å²) in [5.41, 5.74) is 2.99. The molecule has 0 spiro atoms. The second-order valence-electron chi connectivity index (χ2n) is 4.69. The van der Waals surface area contributed by atoms with Crippen LogP contribution in [0.1, 0.15) is 28.7 Å². The van der Waals surface area contributed by atoms with Crippen LogP contribution in [0.4, 0.5) is 0 Å². The fourth-order valence-corrected chi connectivity index (χ4v) is 2.41. The van der Waals surface area contributed by atoms with Gasteiger partial charge in [0.2, 0.25) is 5.78 Å². The van der Waals surface area contributed by atoms with Crippen LogP contribution in [0.2, 0.25) is 0 Å². The molecule has 0 saturated carbocycles. The fraction of sp³-hybridized carbons (Fsp3) is 0.188. The zero-order chi connectivity index (χ0) is 14.1. The van der Waals surface area contributed by atoms with Crippen molar-refractivity contribution in [2.45, 2.75) is 20.4 Å². The normalized spacial score (nSPS) is 10.9. The summed E-state index contributed by atoms with van der Waals surface area (Å²) in [6.45, 7) is 4.55. The van der Waals surface area contributed by atoms with E-state index in [1.807, 2.05) is 44.2 Å². The number of nitrogens with zero attached hydrogens (tertiary/aromatic N) is 3. The Morgan fingerprint density at radius 2 is 2.05 bits per heavy atom. The molecule has 100 valence electrons. The highest BCUT2D eigenvalue weighted by atomic mass is 16.1. The summed E-state index contributed by atoms with van der Waals surface area (Å²) in [6, 6.07) is 11.3. The smallest absolute Gasteiger partial charge is 0.211 e. The molecule has 0 aliphatic rings. The van der Waals surface area contributed by atoms with E-state index in [0.717, 1.165) is 16.6 Å². The zero-order valence-electron chi connectivity index (χ0n) is 11.5. The zero-order valence-corrected chi connectivity index (χ0v) is 11.5. The summed E-state index contributed by atoms with van der Waals surface area (Å²) in [4.78, 5) is 17.2. The van der Waals surface area contributed by atoms with Crippen molar-refractivity contribution >= 4 is 16.7 Å². The number of ketones is 1. The molecule has 0 aliphatic heterocycles. The number of aromatic nitrogens is 3. The van der Waals surface area contributed by atoms with Crippen LogP contribution in [0.15, 0.2) is 42.6 Å². The van der Waals surface area contributed by atoms with Gasteiger partial charge in [0.25, 0.3) is 0 Å². The predicted octanol–water partition coefficient (Wildman–Crippen LogP) is 2.99. The lowest BCUT2D eigenvalue weighted by Gasteiger charge is -2.08. The lowest BCUT2D eigenvalue weighted by Crippen LogP contribution is -2.11. The summed E-state index contributed by atoms with van der Waals surface area (Å²) < 4.78 is 1.72. The Morgan fingerprint density at radius 3 is 2.85 bits per heavy atom. The van der Waals surface area contributed by atoms with Crippen molar-refractivity contribution in [3.63, 3.8) is 0 Å². The summed E-state index contributed by atoms with van der Waals surface area (Å²) in [6.07, 6.45) is 1.66. The Bertz CT molecular complexity index is 789. The summed E-state index contributed by atoms with van der Waals surface area (Å²) >= 11 is 0. The third kappa shape index (κ3) is 1.99. The van der Waals surface area contributed by atoms with Gasteiger partial charge in [-0.05, 0) is 32.0 Å². The third-order valence-electron chi connectivity index (χ3n) is 3.34. The van der Waals surface area contributed by atoms with Crippen molar-refractivity contribution < 1.29 is 4.79 Å². The molecule has 4 heteroatoms. The monoisotopic (exact) mass is 265 g/mol. The van der Waals surface area contributed by atoms with Gasteiger partial charge in [-0.1, -0.05) is 18.2 Å². The first-order chi connectivity index (χ1) is 9.70. The van der Waals surface area contributed by atoms with Crippen molar-refractivity contribution in [2.24, 2.45) is 0 Å². The van der Waals surface area contributed by atoms with Crippen LogP contribution in [0.5, 0.6) is 0 Å². The molecule has 2 heterocycles. The molecule has 0 unspecified atom stereocenters. The Labute approximate surface area is 117 Å². The van der Waals surface area contributed by atoms with Gasteiger partial charge in [-0.25, -0.2) is 0 Å². The molecule has 0 bridgehead atoms. The number of carbonyl (C=O) groups excluding carboxylic acids is 1. The summed E-state index contributed by atoms with van der Waals surface area (Å²) in [7, 11) is 0. The standard InChI is InChI=1S/C16H15N3O/c1-3-19-15(8-9-17-19)16(20)13-10-11(2)18-14-7-5-4-6-12(13)14/h4-10H,3H2,1-2H3. The minimum Gasteiger partial charge on any atom is -0.287 e. The number of pyridine rings is 1. The van der Waals surface area contributed by atoms with Gasteiger partial charge in [-0.2, -0.15) is 5.10 Å². The Hall–Kier alpha value is -2.49. The molecule has 3 aromatic rings. The van der Waals surface area contributed by atoms with Crippen LogP contribution in [-0.2, 0) is 6.54 Å². The highest BCUT2D eigenvalue weighted by Gasteiger charge is 2.17. The quantitative estimate of drug-likeness (QED) is 0.684. The molecule has 0 aliphatic carbocycles. The van der Waals surface area contributed by atoms with Crippen LogP contribution in [0.3, 0.4) is 0 Å². The number of fused-ring (bicyclic) bond motifs is 1. The van der Waals surface area contributed by atoms with Crippen LogP contribution in [0.25, 0.3) is 10.9 Å². The first-order valence-electron chi connectivity index (χ1n) is 6.63. The molecule has 0 fully saturated rings. The average Bonchev–Trinajstić information content (AvgIpc) is 2.94. The topological polar surface area (TPSA) is 47.8 Å². The molecule has 20 heavy (non-hydrogen) atoms. The van der Waals surface area contributed by atoms with Crippen LogP contribution in [0, 0.1) is 6.92 Å². The van der Waals surface area contributed by atoms with Gasteiger partial charge in [0.05, 0.1) is 5.52 Å². The molecule has 1 aromatic carbocycles. The Morgan fingerprint density at radius 1 is 1.25 bits per heavy atom. The maximum atomic E-state index is 12.8. The van der Waals surface area contributed by atoms with E-state index >= 15 is 0 Å². The third-order valence-corrected chi connectivity index (χ3v) is 3.34. The van der Waals surface area contributed by atoms with E-state index in [2.05, 4.69) is 10.1 Å². The Kier molecular flexibility index (Phi) is 3.06. The van der Waals surface area contributed by atoms with E-state index in [9.17, 15) is 4.79 Å². The maximum Gasteiger partial charge on any atom is 0.211 e. The van der Waals surface area contributed by atoms with E-state index in [1.54, 1.807) is 16.9 Å². The fourth-order valence-electron chi connectivity index (χ4n) is 2.41. The highest BCUT2D eigenvalue weighted by molar-refractivity contribution is 6.15. The molecule has 0 atom stereocenters. The van der Waals surface area contributed by atoms with Crippen molar-refractivity contribution in [3.05, 3.63) is 59.5 Å². The number of hydrogen-bond donors (Lipinski definition) is 0. The van der Waals surface area contributed by atoms with Crippen molar-refractivity contribution in [1.29, 1.82) is 0 Å². The average molecular weight is 265 g/mol. The van der Waals surface area contributed by atoms with Gasteiger partial charge in [0.15, 0.2) is 0 Å². The number of carbonyl (C=O) groups is 1. The van der Waals surface area contributed by atoms with Gasteiger partial charge in [0.1, 0.15) is 5.69 Å². The van der Waals surface area contributed by atoms with Crippen molar-refractivity contribution in [2.75, 3.05) is 0 Å². The molecule has 3 rings (SSSR count). The summed E-state index contributed by atoms with van der Waals surface area (Å²) in [5, 5.41) is 5.05. The van der Waals surface area contributed by atoms with E-state index < -0.39 is 0 Å². The molecular weight excluding hydrogens is 250 g/mol. The van der Waals surface area contributed by atoms with Crippen molar-refractivity contribution in [3.8, 4) is 0 Å². The van der Waals surface area contributed by atoms with Crippen molar-refractivity contribution in [1.82, 2.24) is 14.8 Å². The first kappa shape index (κ1) is 12.5. The molecule has 2 aromatic heterocycles. The lowest BCUT2D eigenvalue weighted by molar-refractivity contribution is 0.103. The number of para-hydroxylation sites is 1. The van der Waals surface area contributed by atoms with Gasteiger partial charge in [-0.15, -0.1) is 0 Å². The number of aryl methyl sites for hydroxylation is 2. The minimum absolute atomic E-state index is 0.00829. The van der Waals surface area contributed by atoms with Crippen LogP contribution >= 0.6 is 0 Å².